The smallest absolute Gasteiger partial charge is 0.490 e. The number of anilines is 2. The Bertz CT molecular complexity index is 1260. The van der Waals surface area contributed by atoms with Gasteiger partial charge in [0, 0.05) is 43.9 Å². The minimum Gasteiger partial charge on any atom is -0.497 e. The molecule has 0 aliphatic carbocycles. The highest BCUT2D eigenvalue weighted by Gasteiger charge is 2.38. The van der Waals surface area contributed by atoms with Crippen molar-refractivity contribution in [1.82, 2.24) is 10.6 Å². The number of carboxylic acids is 1. The third-order valence-corrected chi connectivity index (χ3v) is 6.67. The van der Waals surface area contributed by atoms with Gasteiger partial charge in [-0.1, -0.05) is 0 Å². The Balaban J connectivity index is 0.000000673. The molecule has 1 amide bonds. The first-order valence-electron chi connectivity index (χ1n) is 11.6. The highest BCUT2D eigenvalue weighted by molar-refractivity contribution is 7.92. The molecule has 0 spiro atoms. The number of amides is 1. The van der Waals surface area contributed by atoms with Crippen molar-refractivity contribution in [2.75, 3.05) is 50.0 Å². The van der Waals surface area contributed by atoms with Crippen LogP contribution in [0.3, 0.4) is 0 Å². The van der Waals surface area contributed by atoms with E-state index in [1.807, 2.05) is 13.8 Å². The number of methoxy groups -OCH3 is 2. The van der Waals surface area contributed by atoms with Crippen molar-refractivity contribution in [1.29, 1.82) is 0 Å². The summed E-state index contributed by atoms with van der Waals surface area (Å²) in [4.78, 5) is 23.5. The van der Waals surface area contributed by atoms with E-state index in [0.29, 0.717) is 22.7 Å². The first-order chi connectivity index (χ1) is 18.2. The summed E-state index contributed by atoms with van der Waals surface area (Å²) >= 11 is 0. The molecule has 3 rings (SSSR count). The minimum atomic E-state index is -5.08. The van der Waals surface area contributed by atoms with Gasteiger partial charge in [0.25, 0.3) is 15.9 Å². The summed E-state index contributed by atoms with van der Waals surface area (Å²) in [5, 5.41) is 13.2. The monoisotopic (exact) mass is 576 g/mol. The summed E-state index contributed by atoms with van der Waals surface area (Å²) in [5.41, 5.74) is 1.40. The van der Waals surface area contributed by atoms with Crippen molar-refractivity contribution in [2.24, 2.45) is 0 Å². The standard InChI is InChI=1S/C22H30N4O5S.C2HF3O2/c1-15(2)24-22(27)16-5-7-19(26-11-9-23-10-12-26)18(13-16)25-32(28,29)21-14-17(30-3)6-8-20(21)31-4;3-2(4,5)1(6)7/h5-8,13-15,23,25H,9-12H2,1-4H3,(H,24,27);(H,6,7). The number of aliphatic carboxylic acids is 1. The van der Waals surface area contributed by atoms with E-state index >= 15 is 0 Å². The molecule has 216 valence electrons. The predicted octanol–water partition coefficient (Wildman–Crippen LogP) is 2.69. The molecule has 39 heavy (non-hydrogen) atoms. The van der Waals surface area contributed by atoms with Gasteiger partial charge in [-0.05, 0) is 44.2 Å². The average molecular weight is 577 g/mol. The number of rotatable bonds is 8. The number of ether oxygens (including phenoxy) is 2. The van der Waals surface area contributed by atoms with Crippen LogP contribution in [0.4, 0.5) is 24.5 Å². The summed E-state index contributed by atoms with van der Waals surface area (Å²) in [6, 6.07) is 9.58. The summed E-state index contributed by atoms with van der Waals surface area (Å²) in [5.74, 6) is -2.45. The Hall–Kier alpha value is -3.72. The second-order valence-corrected chi connectivity index (χ2v) is 10.2. The topological polar surface area (TPSA) is 146 Å². The molecule has 0 radical (unpaired) electrons. The first-order valence-corrected chi connectivity index (χ1v) is 13.1. The molecule has 1 fully saturated rings. The van der Waals surface area contributed by atoms with Crippen LogP contribution in [-0.4, -0.2) is 78.0 Å². The number of carbonyl (C=O) groups is 2. The van der Waals surface area contributed by atoms with E-state index in [2.05, 4.69) is 20.3 Å². The molecular weight excluding hydrogens is 545 g/mol. The molecule has 1 heterocycles. The number of sulfonamides is 1. The zero-order valence-corrected chi connectivity index (χ0v) is 22.6. The van der Waals surface area contributed by atoms with Crippen LogP contribution in [0, 0.1) is 0 Å². The maximum atomic E-state index is 13.4. The Morgan fingerprint density at radius 1 is 1.05 bits per heavy atom. The Morgan fingerprint density at radius 3 is 2.18 bits per heavy atom. The van der Waals surface area contributed by atoms with Crippen LogP contribution >= 0.6 is 0 Å². The second kappa shape index (κ2) is 13.4. The normalized spacial score (nSPS) is 13.7. The number of nitrogens with one attached hydrogen (secondary N) is 3. The van der Waals surface area contributed by atoms with Crippen molar-refractivity contribution >= 4 is 33.3 Å². The largest absolute Gasteiger partial charge is 0.497 e. The third kappa shape index (κ3) is 8.92. The molecule has 0 unspecified atom stereocenters. The van der Waals surface area contributed by atoms with Crippen LogP contribution < -0.4 is 29.7 Å². The zero-order chi connectivity index (χ0) is 29.4. The number of benzene rings is 2. The molecular formula is C24H31F3N4O7S. The van der Waals surface area contributed by atoms with E-state index in [1.54, 1.807) is 24.3 Å². The van der Waals surface area contributed by atoms with Crippen LogP contribution in [0.5, 0.6) is 11.5 Å². The van der Waals surface area contributed by atoms with E-state index in [1.165, 1.54) is 26.4 Å². The van der Waals surface area contributed by atoms with Gasteiger partial charge in [-0.15, -0.1) is 0 Å². The molecule has 1 aliphatic rings. The van der Waals surface area contributed by atoms with Gasteiger partial charge in [0.15, 0.2) is 0 Å². The Labute approximate surface area is 224 Å². The summed E-state index contributed by atoms with van der Waals surface area (Å²) in [6.07, 6.45) is -5.08. The Morgan fingerprint density at radius 2 is 1.67 bits per heavy atom. The fourth-order valence-electron chi connectivity index (χ4n) is 3.48. The van der Waals surface area contributed by atoms with E-state index in [4.69, 9.17) is 19.4 Å². The molecule has 11 nitrogen and oxygen atoms in total. The quantitative estimate of drug-likeness (QED) is 0.373. The van der Waals surface area contributed by atoms with E-state index in [0.717, 1.165) is 26.2 Å². The maximum absolute atomic E-state index is 13.4. The van der Waals surface area contributed by atoms with E-state index < -0.39 is 22.2 Å². The van der Waals surface area contributed by atoms with Gasteiger partial charge in [0.05, 0.1) is 25.6 Å². The highest BCUT2D eigenvalue weighted by atomic mass is 32.2. The van der Waals surface area contributed by atoms with Gasteiger partial charge in [-0.25, -0.2) is 13.2 Å². The number of hydrogen-bond donors (Lipinski definition) is 4. The van der Waals surface area contributed by atoms with Crippen molar-refractivity contribution < 1.29 is 45.8 Å². The summed E-state index contributed by atoms with van der Waals surface area (Å²) in [7, 11) is -1.17. The summed E-state index contributed by atoms with van der Waals surface area (Å²) < 4.78 is 71.6. The molecule has 4 N–H and O–H groups in total. The molecule has 0 bridgehead atoms. The van der Waals surface area contributed by atoms with Crippen LogP contribution in [0.25, 0.3) is 0 Å². The zero-order valence-electron chi connectivity index (χ0n) is 21.8. The number of alkyl halides is 3. The van der Waals surface area contributed by atoms with Crippen LogP contribution in [0.2, 0.25) is 0 Å². The summed E-state index contributed by atoms with van der Waals surface area (Å²) in [6.45, 7) is 6.73. The number of piperazine rings is 1. The van der Waals surface area contributed by atoms with Crippen molar-refractivity contribution in [2.45, 2.75) is 31.0 Å². The van der Waals surface area contributed by atoms with Crippen LogP contribution in [0.1, 0.15) is 24.2 Å². The minimum absolute atomic E-state index is 0.0449. The fourth-order valence-corrected chi connectivity index (χ4v) is 4.73. The van der Waals surface area contributed by atoms with Gasteiger partial charge in [-0.3, -0.25) is 9.52 Å². The first kappa shape index (κ1) is 31.5. The van der Waals surface area contributed by atoms with Gasteiger partial charge in [0.1, 0.15) is 16.4 Å². The SMILES string of the molecule is COc1ccc(OC)c(S(=O)(=O)Nc2cc(C(=O)NC(C)C)ccc2N2CCNCC2)c1.O=C(O)C(F)(F)F. The lowest BCUT2D eigenvalue weighted by Gasteiger charge is -2.31. The second-order valence-electron chi connectivity index (χ2n) is 8.52. The molecule has 0 atom stereocenters. The molecule has 1 aliphatic heterocycles. The molecule has 2 aromatic rings. The lowest BCUT2D eigenvalue weighted by atomic mass is 10.1. The lowest BCUT2D eigenvalue weighted by Crippen LogP contribution is -2.43. The van der Waals surface area contributed by atoms with Gasteiger partial charge >= 0.3 is 12.1 Å². The molecule has 15 heteroatoms. The number of halogens is 3. The van der Waals surface area contributed by atoms with Crippen LogP contribution in [-0.2, 0) is 14.8 Å². The lowest BCUT2D eigenvalue weighted by molar-refractivity contribution is -0.192. The van der Waals surface area contributed by atoms with Crippen molar-refractivity contribution in [3.8, 4) is 11.5 Å². The molecule has 2 aromatic carbocycles. The van der Waals surface area contributed by atoms with Crippen molar-refractivity contribution in [3.63, 3.8) is 0 Å². The van der Waals surface area contributed by atoms with Crippen molar-refractivity contribution in [3.05, 3.63) is 42.0 Å². The van der Waals surface area contributed by atoms with E-state index in [9.17, 15) is 26.4 Å². The molecule has 0 aromatic heterocycles. The number of hydrogen-bond acceptors (Lipinski definition) is 8. The maximum Gasteiger partial charge on any atom is 0.490 e. The highest BCUT2D eigenvalue weighted by Crippen LogP contribution is 2.33. The Kier molecular flexibility index (Phi) is 10.8. The van der Waals surface area contributed by atoms with Crippen LogP contribution in [0.15, 0.2) is 41.3 Å². The fraction of sp³-hybridized carbons (Fsp3) is 0.417. The number of carbonyl (C=O) groups excluding carboxylic acids is 1. The van der Waals surface area contributed by atoms with Gasteiger partial charge in [0.2, 0.25) is 0 Å². The predicted molar refractivity (Wildman–Crippen MR) is 138 cm³/mol. The number of nitrogens with zero attached hydrogens (tertiary/aromatic N) is 1. The molecule has 0 saturated carbocycles. The third-order valence-electron chi connectivity index (χ3n) is 5.28. The number of carboxylic acid groups (broad SMARTS) is 1. The average Bonchev–Trinajstić information content (AvgIpc) is 2.88. The molecule has 1 saturated heterocycles. The van der Waals surface area contributed by atoms with Gasteiger partial charge in [-0.2, -0.15) is 13.2 Å². The van der Waals surface area contributed by atoms with Gasteiger partial charge < -0.3 is 30.1 Å². The van der Waals surface area contributed by atoms with E-state index in [-0.39, 0.29) is 22.6 Å².